The van der Waals surface area contributed by atoms with E-state index in [9.17, 15) is 4.79 Å². The molecule has 0 radical (unpaired) electrons. The van der Waals surface area contributed by atoms with Crippen molar-refractivity contribution in [1.82, 2.24) is 4.90 Å². The molecule has 1 aliphatic heterocycles. The van der Waals surface area contributed by atoms with Crippen molar-refractivity contribution in [3.63, 3.8) is 0 Å². The summed E-state index contributed by atoms with van der Waals surface area (Å²) >= 11 is 0. The molecule has 0 aliphatic carbocycles. The first kappa shape index (κ1) is 10.6. The summed E-state index contributed by atoms with van der Waals surface area (Å²) in [6, 6.07) is 0. The predicted molar refractivity (Wildman–Crippen MR) is 54.4 cm³/mol. The maximum absolute atomic E-state index is 11.4. The standard InChI is InChI=1S/C11H21NO/c1-5-10(13)12-7-6-9(8-12)11(2,3)4/h9H,5-8H2,1-4H3. The van der Waals surface area contributed by atoms with Crippen LogP contribution < -0.4 is 0 Å². The zero-order valence-electron chi connectivity index (χ0n) is 9.26. The van der Waals surface area contributed by atoms with Crippen molar-refractivity contribution in [3.8, 4) is 0 Å². The maximum Gasteiger partial charge on any atom is 0.222 e. The smallest absolute Gasteiger partial charge is 0.222 e. The van der Waals surface area contributed by atoms with E-state index in [4.69, 9.17) is 0 Å². The SMILES string of the molecule is CCC(=O)N1CCC(C(C)(C)C)C1. The normalized spacial score (nSPS) is 23.7. The predicted octanol–water partition coefficient (Wildman–Crippen LogP) is 2.29. The van der Waals surface area contributed by atoms with Crippen molar-refractivity contribution in [2.24, 2.45) is 11.3 Å². The van der Waals surface area contributed by atoms with Crippen molar-refractivity contribution < 1.29 is 4.79 Å². The number of likely N-dealkylation sites (tertiary alicyclic amines) is 1. The molecule has 76 valence electrons. The monoisotopic (exact) mass is 183 g/mol. The first-order chi connectivity index (χ1) is 5.95. The molecule has 1 rings (SSSR count). The molecule has 2 nitrogen and oxygen atoms in total. The number of carbonyl (C=O) groups excluding carboxylic acids is 1. The van der Waals surface area contributed by atoms with Crippen molar-refractivity contribution in [2.45, 2.75) is 40.5 Å². The molecule has 1 unspecified atom stereocenters. The van der Waals surface area contributed by atoms with Gasteiger partial charge in [0.25, 0.3) is 0 Å². The summed E-state index contributed by atoms with van der Waals surface area (Å²) < 4.78 is 0. The van der Waals surface area contributed by atoms with E-state index in [1.54, 1.807) is 0 Å². The third-order valence-corrected chi connectivity index (χ3v) is 3.07. The van der Waals surface area contributed by atoms with Gasteiger partial charge in [0.2, 0.25) is 5.91 Å². The molecule has 1 heterocycles. The molecule has 1 saturated heterocycles. The summed E-state index contributed by atoms with van der Waals surface area (Å²) in [5.74, 6) is 0.995. The summed E-state index contributed by atoms with van der Waals surface area (Å²) in [5, 5.41) is 0. The van der Waals surface area contributed by atoms with Crippen molar-refractivity contribution in [1.29, 1.82) is 0 Å². The van der Waals surface area contributed by atoms with Gasteiger partial charge in [-0.05, 0) is 17.8 Å². The van der Waals surface area contributed by atoms with Crippen LogP contribution in [0, 0.1) is 11.3 Å². The van der Waals surface area contributed by atoms with E-state index in [0.717, 1.165) is 13.1 Å². The fraction of sp³-hybridized carbons (Fsp3) is 0.909. The highest BCUT2D eigenvalue weighted by molar-refractivity contribution is 5.76. The number of hydrogen-bond donors (Lipinski definition) is 0. The second-order valence-electron chi connectivity index (χ2n) is 5.04. The molecule has 1 amide bonds. The summed E-state index contributed by atoms with van der Waals surface area (Å²) in [5.41, 5.74) is 0.350. The van der Waals surface area contributed by atoms with Crippen LogP contribution in [0.1, 0.15) is 40.5 Å². The Labute approximate surface area is 81.3 Å². The van der Waals surface area contributed by atoms with Gasteiger partial charge in [-0.25, -0.2) is 0 Å². The minimum Gasteiger partial charge on any atom is -0.342 e. The van der Waals surface area contributed by atoms with Gasteiger partial charge in [-0.2, -0.15) is 0 Å². The van der Waals surface area contributed by atoms with E-state index in [2.05, 4.69) is 20.8 Å². The first-order valence-electron chi connectivity index (χ1n) is 5.23. The lowest BCUT2D eigenvalue weighted by atomic mass is 9.80. The molecule has 0 spiro atoms. The van der Waals surface area contributed by atoms with Gasteiger partial charge in [0.15, 0.2) is 0 Å². The molecule has 13 heavy (non-hydrogen) atoms. The van der Waals surface area contributed by atoms with Crippen LogP contribution in [-0.2, 0) is 4.79 Å². The third kappa shape index (κ3) is 2.45. The number of amides is 1. The van der Waals surface area contributed by atoms with E-state index in [1.807, 2.05) is 11.8 Å². The highest BCUT2D eigenvalue weighted by Gasteiger charge is 2.32. The molecular formula is C11H21NO. The zero-order valence-corrected chi connectivity index (χ0v) is 9.26. The molecule has 0 saturated carbocycles. The average molecular weight is 183 g/mol. The first-order valence-corrected chi connectivity index (χ1v) is 5.23. The minimum absolute atomic E-state index is 0.312. The van der Waals surface area contributed by atoms with E-state index in [1.165, 1.54) is 6.42 Å². The summed E-state index contributed by atoms with van der Waals surface area (Å²) in [7, 11) is 0. The fourth-order valence-corrected chi connectivity index (χ4v) is 1.92. The van der Waals surface area contributed by atoms with Gasteiger partial charge in [-0.15, -0.1) is 0 Å². The number of hydrogen-bond acceptors (Lipinski definition) is 1. The number of carbonyl (C=O) groups is 1. The molecule has 0 bridgehead atoms. The maximum atomic E-state index is 11.4. The average Bonchev–Trinajstić information content (AvgIpc) is 2.50. The van der Waals surface area contributed by atoms with Gasteiger partial charge in [0, 0.05) is 19.5 Å². The molecule has 1 atom stereocenters. The van der Waals surface area contributed by atoms with Crippen molar-refractivity contribution in [3.05, 3.63) is 0 Å². The van der Waals surface area contributed by atoms with E-state index in [-0.39, 0.29) is 0 Å². The Morgan fingerprint density at radius 1 is 1.46 bits per heavy atom. The lowest BCUT2D eigenvalue weighted by Crippen LogP contribution is -2.30. The van der Waals surface area contributed by atoms with E-state index in [0.29, 0.717) is 23.7 Å². The van der Waals surface area contributed by atoms with Gasteiger partial charge in [-0.1, -0.05) is 27.7 Å². The topological polar surface area (TPSA) is 20.3 Å². The van der Waals surface area contributed by atoms with Crippen LogP contribution in [0.2, 0.25) is 0 Å². The van der Waals surface area contributed by atoms with Gasteiger partial charge in [0.05, 0.1) is 0 Å². The van der Waals surface area contributed by atoms with Crippen LogP contribution in [0.25, 0.3) is 0 Å². The minimum atomic E-state index is 0.312. The van der Waals surface area contributed by atoms with Gasteiger partial charge in [-0.3, -0.25) is 4.79 Å². The molecular weight excluding hydrogens is 162 g/mol. The number of nitrogens with zero attached hydrogens (tertiary/aromatic N) is 1. The third-order valence-electron chi connectivity index (χ3n) is 3.07. The highest BCUT2D eigenvalue weighted by Crippen LogP contribution is 2.33. The van der Waals surface area contributed by atoms with Crippen LogP contribution in [0.4, 0.5) is 0 Å². The van der Waals surface area contributed by atoms with Crippen LogP contribution in [0.15, 0.2) is 0 Å². The zero-order chi connectivity index (χ0) is 10.1. The van der Waals surface area contributed by atoms with Crippen molar-refractivity contribution in [2.75, 3.05) is 13.1 Å². The number of rotatable bonds is 1. The second kappa shape index (κ2) is 3.69. The van der Waals surface area contributed by atoms with Gasteiger partial charge >= 0.3 is 0 Å². The highest BCUT2D eigenvalue weighted by atomic mass is 16.2. The summed E-state index contributed by atoms with van der Waals surface area (Å²) in [6.07, 6.45) is 1.83. The molecule has 1 aliphatic rings. The lowest BCUT2D eigenvalue weighted by Gasteiger charge is -2.26. The molecule has 0 N–H and O–H groups in total. The Morgan fingerprint density at radius 3 is 2.46 bits per heavy atom. The van der Waals surface area contributed by atoms with E-state index >= 15 is 0 Å². The Morgan fingerprint density at radius 2 is 2.08 bits per heavy atom. The Bertz CT molecular complexity index is 193. The lowest BCUT2D eigenvalue weighted by molar-refractivity contribution is -0.130. The van der Waals surface area contributed by atoms with E-state index < -0.39 is 0 Å². The quantitative estimate of drug-likeness (QED) is 0.611. The Hall–Kier alpha value is -0.530. The molecule has 1 fully saturated rings. The second-order valence-corrected chi connectivity index (χ2v) is 5.04. The molecule has 0 aromatic heterocycles. The van der Waals surface area contributed by atoms with Crippen LogP contribution in [0.3, 0.4) is 0 Å². The summed E-state index contributed by atoms with van der Waals surface area (Å²) in [4.78, 5) is 13.4. The van der Waals surface area contributed by atoms with Crippen LogP contribution in [0.5, 0.6) is 0 Å². The van der Waals surface area contributed by atoms with Crippen LogP contribution in [-0.4, -0.2) is 23.9 Å². The van der Waals surface area contributed by atoms with Gasteiger partial charge in [0.1, 0.15) is 0 Å². The van der Waals surface area contributed by atoms with Gasteiger partial charge < -0.3 is 4.90 Å². The molecule has 0 aromatic rings. The summed E-state index contributed by atoms with van der Waals surface area (Å²) in [6.45, 7) is 10.7. The molecule has 0 aromatic carbocycles. The Balaban J connectivity index is 2.50. The molecule has 2 heteroatoms. The Kier molecular flexibility index (Phi) is 2.99. The van der Waals surface area contributed by atoms with Crippen LogP contribution >= 0.6 is 0 Å². The largest absolute Gasteiger partial charge is 0.342 e. The fourth-order valence-electron chi connectivity index (χ4n) is 1.92. The van der Waals surface area contributed by atoms with Crippen molar-refractivity contribution >= 4 is 5.91 Å².